The first-order valence-corrected chi connectivity index (χ1v) is 8.60. The summed E-state index contributed by atoms with van der Waals surface area (Å²) in [4.78, 5) is 11.6. The molecule has 5 nitrogen and oxygen atoms in total. The monoisotopic (exact) mass is 319 g/mol. The summed E-state index contributed by atoms with van der Waals surface area (Å²) in [5.74, 6) is 2.11. The molecule has 1 aliphatic rings. The third-order valence-electron chi connectivity index (χ3n) is 4.66. The molecule has 5 N–H and O–H groups in total. The van der Waals surface area contributed by atoms with E-state index in [1.54, 1.807) is 0 Å². The minimum absolute atomic E-state index is 0.133. The van der Waals surface area contributed by atoms with Crippen LogP contribution in [-0.4, -0.2) is 31.6 Å². The van der Waals surface area contributed by atoms with Crippen LogP contribution in [0.3, 0.4) is 0 Å². The van der Waals surface area contributed by atoms with Crippen molar-refractivity contribution in [3.8, 4) is 5.75 Å². The maximum atomic E-state index is 11.6. The molecular weight excluding hydrogens is 290 g/mol. The Morgan fingerprint density at radius 1 is 1.17 bits per heavy atom. The van der Waals surface area contributed by atoms with E-state index in [0.717, 1.165) is 44.1 Å². The van der Waals surface area contributed by atoms with Gasteiger partial charge in [0, 0.05) is 13.1 Å². The minimum Gasteiger partial charge on any atom is -0.494 e. The lowest BCUT2D eigenvalue weighted by Crippen LogP contribution is -2.46. The second kappa shape index (κ2) is 9.53. The van der Waals surface area contributed by atoms with E-state index < -0.39 is 6.04 Å². The zero-order valence-corrected chi connectivity index (χ0v) is 13.7. The summed E-state index contributed by atoms with van der Waals surface area (Å²) in [6.45, 7) is 1.70. The predicted molar refractivity (Wildman–Crippen MR) is 92.0 cm³/mol. The fraction of sp³-hybridized carbons (Fsp3) is 0.611. The van der Waals surface area contributed by atoms with Crippen molar-refractivity contribution in [2.45, 2.75) is 38.1 Å². The standard InChI is InChI=1S/C18H29N3O2/c19-12-17(20)18(22)21-13-15-8-6-14(7-9-15)10-11-23-16-4-2-1-3-5-16/h1-5,14-15,17H,6-13,19-20H2,(H,21,22)/t14-,15+,17?. The Balaban J connectivity index is 1.58. The van der Waals surface area contributed by atoms with Gasteiger partial charge in [-0.1, -0.05) is 18.2 Å². The van der Waals surface area contributed by atoms with Crippen LogP contribution in [0.2, 0.25) is 0 Å². The van der Waals surface area contributed by atoms with Crippen molar-refractivity contribution in [1.82, 2.24) is 5.32 Å². The van der Waals surface area contributed by atoms with Gasteiger partial charge in [0.15, 0.2) is 0 Å². The van der Waals surface area contributed by atoms with E-state index in [9.17, 15) is 4.79 Å². The van der Waals surface area contributed by atoms with Gasteiger partial charge in [-0.25, -0.2) is 0 Å². The molecule has 0 saturated heterocycles. The molecule has 0 bridgehead atoms. The number of nitrogens with two attached hydrogens (primary N) is 2. The molecule has 0 radical (unpaired) electrons. The number of hydrogen-bond acceptors (Lipinski definition) is 4. The van der Waals surface area contributed by atoms with Crippen molar-refractivity contribution in [3.05, 3.63) is 30.3 Å². The minimum atomic E-state index is -0.582. The average Bonchev–Trinajstić information content (AvgIpc) is 2.61. The molecule has 1 saturated carbocycles. The number of para-hydroxylation sites is 1. The van der Waals surface area contributed by atoms with Gasteiger partial charge in [0.25, 0.3) is 0 Å². The molecule has 1 aromatic carbocycles. The van der Waals surface area contributed by atoms with Crippen LogP contribution in [0.1, 0.15) is 32.1 Å². The highest BCUT2D eigenvalue weighted by Gasteiger charge is 2.22. The van der Waals surface area contributed by atoms with Crippen LogP contribution in [0.5, 0.6) is 5.75 Å². The maximum Gasteiger partial charge on any atom is 0.238 e. The smallest absolute Gasteiger partial charge is 0.238 e. The maximum absolute atomic E-state index is 11.6. The van der Waals surface area contributed by atoms with Crippen molar-refractivity contribution < 1.29 is 9.53 Å². The Morgan fingerprint density at radius 3 is 2.48 bits per heavy atom. The van der Waals surface area contributed by atoms with Gasteiger partial charge in [-0.2, -0.15) is 0 Å². The normalized spacial score (nSPS) is 22.3. The van der Waals surface area contributed by atoms with E-state index in [-0.39, 0.29) is 12.5 Å². The topological polar surface area (TPSA) is 90.4 Å². The van der Waals surface area contributed by atoms with Gasteiger partial charge in [0.05, 0.1) is 12.6 Å². The molecule has 1 aromatic rings. The second-order valence-electron chi connectivity index (χ2n) is 6.42. The van der Waals surface area contributed by atoms with E-state index in [1.165, 1.54) is 12.8 Å². The molecular formula is C18H29N3O2. The molecule has 0 heterocycles. The van der Waals surface area contributed by atoms with Gasteiger partial charge in [-0.05, 0) is 56.1 Å². The van der Waals surface area contributed by atoms with Gasteiger partial charge in [0.2, 0.25) is 5.91 Å². The molecule has 1 amide bonds. The van der Waals surface area contributed by atoms with Crippen molar-refractivity contribution >= 4 is 5.91 Å². The predicted octanol–water partition coefficient (Wildman–Crippen LogP) is 1.66. The second-order valence-corrected chi connectivity index (χ2v) is 6.42. The van der Waals surface area contributed by atoms with Crippen molar-refractivity contribution in [3.63, 3.8) is 0 Å². The summed E-state index contributed by atoms with van der Waals surface area (Å²) in [6, 6.07) is 9.38. The van der Waals surface area contributed by atoms with Crippen LogP contribution in [0.25, 0.3) is 0 Å². The Morgan fingerprint density at radius 2 is 1.83 bits per heavy atom. The number of carbonyl (C=O) groups is 1. The number of nitrogens with one attached hydrogen (secondary N) is 1. The largest absolute Gasteiger partial charge is 0.494 e. The molecule has 5 heteroatoms. The van der Waals surface area contributed by atoms with Crippen LogP contribution in [0.15, 0.2) is 30.3 Å². The van der Waals surface area contributed by atoms with Crippen LogP contribution < -0.4 is 21.5 Å². The first kappa shape index (κ1) is 17.8. The van der Waals surface area contributed by atoms with Gasteiger partial charge >= 0.3 is 0 Å². The SMILES string of the molecule is NCC(N)C(=O)NC[C@H]1CC[C@@H](CCOc2ccccc2)CC1. The summed E-state index contributed by atoms with van der Waals surface area (Å²) in [7, 11) is 0. The van der Waals surface area contributed by atoms with Crippen molar-refractivity contribution in [1.29, 1.82) is 0 Å². The number of ether oxygens (including phenoxy) is 1. The summed E-state index contributed by atoms with van der Waals surface area (Å²) < 4.78 is 5.77. The van der Waals surface area contributed by atoms with Crippen LogP contribution in [0, 0.1) is 11.8 Å². The summed E-state index contributed by atoms with van der Waals surface area (Å²) in [5.41, 5.74) is 11.0. The third-order valence-corrected chi connectivity index (χ3v) is 4.66. The van der Waals surface area contributed by atoms with Crippen molar-refractivity contribution in [2.24, 2.45) is 23.3 Å². The Labute approximate surface area is 138 Å². The van der Waals surface area contributed by atoms with E-state index in [2.05, 4.69) is 5.32 Å². The van der Waals surface area contributed by atoms with Crippen LogP contribution in [0.4, 0.5) is 0 Å². The number of rotatable bonds is 8. The fourth-order valence-corrected chi connectivity index (χ4v) is 3.07. The lowest BCUT2D eigenvalue weighted by Gasteiger charge is -2.28. The van der Waals surface area contributed by atoms with Gasteiger partial charge in [-0.3, -0.25) is 4.79 Å². The van der Waals surface area contributed by atoms with Crippen LogP contribution in [-0.2, 0) is 4.79 Å². The quantitative estimate of drug-likeness (QED) is 0.680. The molecule has 1 aliphatic carbocycles. The molecule has 1 fully saturated rings. The lowest BCUT2D eigenvalue weighted by molar-refractivity contribution is -0.122. The summed E-state index contributed by atoms with van der Waals surface area (Å²) in [6.07, 6.45) is 5.84. The Bertz CT molecular complexity index is 459. The van der Waals surface area contributed by atoms with E-state index in [0.29, 0.717) is 5.92 Å². The first-order valence-electron chi connectivity index (χ1n) is 8.60. The highest BCUT2D eigenvalue weighted by Crippen LogP contribution is 2.30. The Kier molecular flexibility index (Phi) is 7.36. The Hall–Kier alpha value is -1.59. The zero-order valence-electron chi connectivity index (χ0n) is 13.7. The molecule has 1 atom stereocenters. The highest BCUT2D eigenvalue weighted by atomic mass is 16.5. The molecule has 2 rings (SSSR count). The molecule has 0 spiro atoms. The molecule has 0 aromatic heterocycles. The van der Waals surface area contributed by atoms with Gasteiger partial charge in [0.1, 0.15) is 5.75 Å². The van der Waals surface area contributed by atoms with Crippen LogP contribution >= 0.6 is 0 Å². The van der Waals surface area contributed by atoms with Gasteiger partial charge < -0.3 is 21.5 Å². The van der Waals surface area contributed by atoms with Crippen molar-refractivity contribution in [2.75, 3.05) is 19.7 Å². The third kappa shape index (κ3) is 6.20. The molecule has 128 valence electrons. The highest BCUT2D eigenvalue weighted by molar-refractivity contribution is 5.81. The number of hydrogen-bond donors (Lipinski definition) is 3. The molecule has 1 unspecified atom stereocenters. The molecule has 0 aliphatic heterocycles. The van der Waals surface area contributed by atoms with E-state index in [1.807, 2.05) is 30.3 Å². The number of carbonyl (C=O) groups excluding carboxylic acids is 1. The number of benzene rings is 1. The van der Waals surface area contributed by atoms with Gasteiger partial charge in [-0.15, -0.1) is 0 Å². The number of amides is 1. The lowest BCUT2D eigenvalue weighted by atomic mass is 9.80. The van der Waals surface area contributed by atoms with E-state index >= 15 is 0 Å². The van der Waals surface area contributed by atoms with E-state index in [4.69, 9.17) is 16.2 Å². The fourth-order valence-electron chi connectivity index (χ4n) is 3.07. The average molecular weight is 319 g/mol. The summed E-state index contributed by atoms with van der Waals surface area (Å²) >= 11 is 0. The zero-order chi connectivity index (χ0) is 16.5. The molecule has 23 heavy (non-hydrogen) atoms. The first-order chi connectivity index (χ1) is 11.2. The summed E-state index contributed by atoms with van der Waals surface area (Å²) in [5, 5.41) is 2.91.